The molecule has 0 spiro atoms. The Morgan fingerprint density at radius 1 is 0.500 bits per heavy atom. The van der Waals surface area contributed by atoms with Gasteiger partial charge in [0.15, 0.2) is 0 Å². The molecule has 0 fully saturated rings. The molecule has 0 saturated carbocycles. The van der Waals surface area contributed by atoms with Crippen molar-refractivity contribution < 1.29 is 30.4 Å². The monoisotopic (exact) mass is 312 g/mol. The van der Waals surface area contributed by atoms with Crippen molar-refractivity contribution >= 4 is 25.0 Å². The van der Waals surface area contributed by atoms with Crippen molar-refractivity contribution in [3.8, 4) is 0 Å². The van der Waals surface area contributed by atoms with Gasteiger partial charge in [0.05, 0.1) is 0 Å². The standard InChI is InChI=1S/3C3H9OSi.Sc/c3*1-5(2,3)4;/h3*1-3H3;/q3*-1;+3. The molecule has 0 aliphatic carbocycles. The zero-order chi connectivity index (χ0) is 13.2. The first-order valence-corrected chi connectivity index (χ1v) is 18.3. The Hall–Kier alpha value is 1.40. The average molecular weight is 313 g/mol. The van der Waals surface area contributed by atoms with E-state index in [0.717, 1.165) is 0 Å². The van der Waals surface area contributed by atoms with Crippen LogP contribution in [0.1, 0.15) is 0 Å². The third-order valence-electron chi connectivity index (χ3n) is 1.35. The fourth-order valence-corrected chi connectivity index (χ4v) is 13.4. The summed E-state index contributed by atoms with van der Waals surface area (Å²) >= 11 is -2.44. The maximum atomic E-state index is 6.14. The van der Waals surface area contributed by atoms with E-state index in [1.807, 2.05) is 0 Å². The molecule has 0 saturated heterocycles. The minimum absolute atomic E-state index is 1.54. The first kappa shape index (κ1) is 17.4. The average Bonchev–Trinajstić information content (AvgIpc) is 1.70. The molecule has 0 amide bonds. The Bertz CT molecular complexity index is 179. The molecule has 0 heterocycles. The van der Waals surface area contributed by atoms with E-state index in [1.165, 1.54) is 0 Å². The molecule has 0 rings (SSSR count). The third kappa shape index (κ3) is 11.9. The molecule has 0 atom stereocenters. The number of rotatable bonds is 6. The van der Waals surface area contributed by atoms with Gasteiger partial charge < -0.3 is 0 Å². The summed E-state index contributed by atoms with van der Waals surface area (Å²) in [7, 11) is -4.63. The Balaban J connectivity index is 4.53. The van der Waals surface area contributed by atoms with Crippen molar-refractivity contribution in [3.63, 3.8) is 0 Å². The summed E-state index contributed by atoms with van der Waals surface area (Å²) in [5.41, 5.74) is 0. The zero-order valence-electron chi connectivity index (χ0n) is 12.3. The van der Waals surface area contributed by atoms with Crippen LogP contribution in [0.4, 0.5) is 0 Å². The molecular weight excluding hydrogens is 285 g/mol. The van der Waals surface area contributed by atoms with Crippen LogP contribution >= 0.6 is 0 Å². The van der Waals surface area contributed by atoms with Crippen molar-refractivity contribution in [2.45, 2.75) is 58.9 Å². The van der Waals surface area contributed by atoms with Crippen LogP contribution in [0.3, 0.4) is 0 Å². The van der Waals surface area contributed by atoms with Crippen LogP contribution in [0.15, 0.2) is 0 Å². The van der Waals surface area contributed by atoms with E-state index < -0.39 is 47.7 Å². The van der Waals surface area contributed by atoms with Gasteiger partial charge in [-0.05, 0) is 0 Å². The van der Waals surface area contributed by atoms with E-state index in [1.54, 1.807) is 0 Å². The van der Waals surface area contributed by atoms with Crippen LogP contribution in [-0.4, -0.2) is 25.0 Å². The molecule has 0 aromatic heterocycles. The summed E-state index contributed by atoms with van der Waals surface area (Å²) in [5.74, 6) is 0. The summed E-state index contributed by atoms with van der Waals surface area (Å²) in [6, 6.07) is 0. The topological polar surface area (TPSA) is 27.7 Å². The summed E-state index contributed by atoms with van der Waals surface area (Å²) in [6.45, 7) is 19.8. The molecule has 96 valence electrons. The van der Waals surface area contributed by atoms with Crippen LogP contribution in [0.25, 0.3) is 0 Å². The van der Waals surface area contributed by atoms with E-state index in [2.05, 4.69) is 58.9 Å². The summed E-state index contributed by atoms with van der Waals surface area (Å²) in [4.78, 5) is 0. The van der Waals surface area contributed by atoms with Gasteiger partial charge >= 0.3 is 114 Å². The number of hydrogen-bond acceptors (Lipinski definition) is 3. The van der Waals surface area contributed by atoms with Crippen molar-refractivity contribution in [2.24, 2.45) is 0 Å². The van der Waals surface area contributed by atoms with Gasteiger partial charge in [0.25, 0.3) is 0 Å². The quantitative estimate of drug-likeness (QED) is 0.696. The van der Waals surface area contributed by atoms with Crippen LogP contribution in [0.5, 0.6) is 0 Å². The maximum absolute atomic E-state index is 6.14. The molecule has 0 N–H and O–H groups in total. The Kier molecular flexibility index (Phi) is 6.56. The van der Waals surface area contributed by atoms with Gasteiger partial charge in [0.2, 0.25) is 0 Å². The predicted molar refractivity (Wildman–Crippen MR) is 73.3 cm³/mol. The normalized spacial score (nSPS) is 14.1. The first-order valence-electron chi connectivity index (χ1n) is 5.82. The molecular formula is C9H27O3ScSi3. The van der Waals surface area contributed by atoms with Gasteiger partial charge in [-0.25, -0.2) is 0 Å². The Labute approximate surface area is 114 Å². The van der Waals surface area contributed by atoms with Crippen molar-refractivity contribution in [2.75, 3.05) is 0 Å². The Morgan fingerprint density at radius 3 is 0.812 bits per heavy atom. The van der Waals surface area contributed by atoms with Gasteiger partial charge in [-0.1, -0.05) is 0 Å². The molecule has 0 radical (unpaired) electrons. The summed E-state index contributed by atoms with van der Waals surface area (Å²) in [6.07, 6.45) is 0. The van der Waals surface area contributed by atoms with Gasteiger partial charge in [-0.2, -0.15) is 0 Å². The van der Waals surface area contributed by atoms with Gasteiger partial charge in [0, 0.05) is 0 Å². The van der Waals surface area contributed by atoms with Crippen molar-refractivity contribution in [1.82, 2.24) is 0 Å². The Morgan fingerprint density at radius 2 is 0.688 bits per heavy atom. The molecule has 0 aliphatic rings. The summed E-state index contributed by atoms with van der Waals surface area (Å²) < 4.78 is 18.4. The third-order valence-corrected chi connectivity index (χ3v) is 16.7. The second-order valence-corrected chi connectivity index (χ2v) is 24.6. The van der Waals surface area contributed by atoms with E-state index in [0.29, 0.717) is 0 Å². The van der Waals surface area contributed by atoms with Gasteiger partial charge in [0.1, 0.15) is 0 Å². The van der Waals surface area contributed by atoms with Crippen LogP contribution < -0.4 is 0 Å². The molecule has 0 aromatic carbocycles. The first-order chi connectivity index (χ1) is 6.79. The fourth-order valence-electron chi connectivity index (χ4n) is 0.938. The molecule has 0 bridgehead atoms. The van der Waals surface area contributed by atoms with E-state index in [4.69, 9.17) is 7.63 Å². The van der Waals surface area contributed by atoms with E-state index >= 15 is 0 Å². The zero-order valence-corrected chi connectivity index (χ0v) is 17.1. The molecule has 0 aromatic rings. The van der Waals surface area contributed by atoms with E-state index in [-0.39, 0.29) is 0 Å². The van der Waals surface area contributed by atoms with Crippen LogP contribution in [0, 0.1) is 0 Å². The molecule has 0 unspecified atom stereocenters. The summed E-state index contributed by atoms with van der Waals surface area (Å²) in [5, 5.41) is 0. The molecule has 3 nitrogen and oxygen atoms in total. The van der Waals surface area contributed by atoms with Crippen LogP contribution in [0.2, 0.25) is 58.9 Å². The second-order valence-electron chi connectivity index (χ2n) is 6.98. The predicted octanol–water partition coefficient (Wildman–Crippen LogP) is 3.90. The van der Waals surface area contributed by atoms with Crippen molar-refractivity contribution in [1.29, 1.82) is 0 Å². The fraction of sp³-hybridized carbons (Fsp3) is 1.00. The SMILES string of the molecule is C[Si](C)(C)[O][Sc]([O][Si](C)(C)C)[O][Si](C)(C)C. The number of hydrogen-bond donors (Lipinski definition) is 0. The minimum atomic E-state index is -2.44. The second kappa shape index (κ2) is 6.03. The molecule has 16 heavy (non-hydrogen) atoms. The molecule has 7 heteroatoms. The van der Waals surface area contributed by atoms with Gasteiger partial charge in [-0.3, -0.25) is 0 Å². The van der Waals surface area contributed by atoms with E-state index in [9.17, 15) is 0 Å². The molecule has 0 aliphatic heterocycles. The van der Waals surface area contributed by atoms with Crippen molar-refractivity contribution in [3.05, 3.63) is 0 Å². The van der Waals surface area contributed by atoms with Gasteiger partial charge in [-0.15, -0.1) is 0 Å². The van der Waals surface area contributed by atoms with Crippen LogP contribution in [-0.2, 0) is 30.4 Å².